The Kier molecular flexibility index (Phi) is 5.92. The lowest BCUT2D eigenvalue weighted by atomic mass is 9.86. The number of benzene rings is 3. The molecule has 0 aromatic heterocycles. The predicted molar refractivity (Wildman–Crippen MR) is 130 cm³/mol. The highest BCUT2D eigenvalue weighted by Gasteiger charge is 2.28. The second-order valence-corrected chi connectivity index (χ2v) is 9.03. The van der Waals surface area contributed by atoms with Crippen LogP contribution in [0.5, 0.6) is 0 Å². The lowest BCUT2D eigenvalue weighted by Crippen LogP contribution is -2.26. The van der Waals surface area contributed by atoms with Crippen LogP contribution in [0.15, 0.2) is 66.7 Å². The molecule has 1 amide bonds. The largest absolute Gasteiger partial charge is 0.449 e. The van der Waals surface area contributed by atoms with Crippen LogP contribution < -0.4 is 11.1 Å². The van der Waals surface area contributed by atoms with Crippen LogP contribution in [-0.4, -0.2) is 19.2 Å². The highest BCUT2D eigenvalue weighted by Crippen LogP contribution is 2.44. The number of anilines is 1. The van der Waals surface area contributed by atoms with E-state index in [0.29, 0.717) is 5.69 Å². The minimum atomic E-state index is -0.474. The molecule has 0 bridgehead atoms. The summed E-state index contributed by atoms with van der Waals surface area (Å²) in [6, 6.07) is 22.5. The number of fused-ring (bicyclic) bond motifs is 3. The third-order valence-corrected chi connectivity index (χ3v) is 5.81. The Labute approximate surface area is 189 Å². The predicted octanol–water partition coefficient (Wildman–Crippen LogP) is 5.46. The lowest BCUT2D eigenvalue weighted by molar-refractivity contribution is 0.144. The van der Waals surface area contributed by atoms with E-state index in [-0.39, 0.29) is 24.5 Å². The van der Waals surface area contributed by atoms with Crippen molar-refractivity contribution in [2.45, 2.75) is 32.1 Å². The Hall–Kier alpha value is -3.71. The highest BCUT2D eigenvalue weighted by molar-refractivity contribution is 5.79. The number of hydrogen-bond donors (Lipinski definition) is 2. The van der Waals surface area contributed by atoms with E-state index in [1.165, 1.54) is 27.8 Å². The first kappa shape index (κ1) is 21.5. The van der Waals surface area contributed by atoms with Crippen LogP contribution in [-0.2, 0) is 10.2 Å². The van der Waals surface area contributed by atoms with Crippen LogP contribution >= 0.6 is 0 Å². The molecule has 0 fully saturated rings. The molecule has 162 valence electrons. The molecule has 4 rings (SSSR count). The van der Waals surface area contributed by atoms with E-state index in [1.807, 2.05) is 42.5 Å². The Balaban J connectivity index is 1.36. The molecule has 3 aromatic rings. The normalized spacial score (nSPS) is 12.3. The van der Waals surface area contributed by atoms with Crippen molar-refractivity contribution in [2.75, 3.05) is 18.9 Å². The molecule has 4 nitrogen and oxygen atoms in total. The molecular weight excluding hydrogens is 396 g/mol. The SMILES string of the molecule is CC(C)(C)c1ccc(N)c(C#CCNC(=O)OCC2c3ccccc3-c3ccccc32)c1. The van der Waals surface area contributed by atoms with Gasteiger partial charge in [-0.2, -0.15) is 0 Å². The second kappa shape index (κ2) is 8.80. The van der Waals surface area contributed by atoms with Gasteiger partial charge in [-0.15, -0.1) is 0 Å². The van der Waals surface area contributed by atoms with E-state index in [2.05, 4.69) is 62.2 Å². The van der Waals surface area contributed by atoms with Crippen molar-refractivity contribution >= 4 is 11.8 Å². The molecule has 1 aliphatic carbocycles. The van der Waals surface area contributed by atoms with Crippen molar-refractivity contribution in [3.05, 3.63) is 89.0 Å². The summed E-state index contributed by atoms with van der Waals surface area (Å²) in [7, 11) is 0. The maximum absolute atomic E-state index is 12.3. The number of carbonyl (C=O) groups is 1. The first-order chi connectivity index (χ1) is 15.3. The Morgan fingerprint density at radius 2 is 1.62 bits per heavy atom. The van der Waals surface area contributed by atoms with Gasteiger partial charge >= 0.3 is 6.09 Å². The summed E-state index contributed by atoms with van der Waals surface area (Å²) in [6.07, 6.45) is -0.474. The molecule has 3 N–H and O–H groups in total. The van der Waals surface area contributed by atoms with Gasteiger partial charge in [-0.1, -0.05) is 87.2 Å². The van der Waals surface area contributed by atoms with E-state index in [9.17, 15) is 4.79 Å². The van der Waals surface area contributed by atoms with Crippen LogP contribution in [0.1, 0.15) is 48.9 Å². The number of nitrogens with one attached hydrogen (secondary N) is 1. The smallest absolute Gasteiger partial charge is 0.407 e. The van der Waals surface area contributed by atoms with Crippen molar-refractivity contribution < 1.29 is 9.53 Å². The molecule has 0 spiro atoms. The van der Waals surface area contributed by atoms with Crippen LogP contribution in [0, 0.1) is 11.8 Å². The van der Waals surface area contributed by atoms with E-state index in [1.54, 1.807) is 0 Å². The van der Waals surface area contributed by atoms with Gasteiger partial charge in [0, 0.05) is 17.2 Å². The summed E-state index contributed by atoms with van der Waals surface area (Å²) < 4.78 is 5.54. The quantitative estimate of drug-likeness (QED) is 0.434. The molecule has 0 atom stereocenters. The lowest BCUT2D eigenvalue weighted by Gasteiger charge is -2.19. The van der Waals surface area contributed by atoms with Gasteiger partial charge in [-0.3, -0.25) is 0 Å². The molecule has 4 heteroatoms. The fourth-order valence-corrected chi connectivity index (χ4v) is 4.04. The summed E-state index contributed by atoms with van der Waals surface area (Å²) in [4.78, 5) is 12.3. The molecule has 3 aromatic carbocycles. The third kappa shape index (κ3) is 4.48. The van der Waals surface area contributed by atoms with Crippen molar-refractivity contribution in [3.63, 3.8) is 0 Å². The standard InChI is InChI=1S/C28H28N2O2/c1-28(2,3)20-14-15-26(29)19(17-20)9-8-16-30-27(31)32-18-25-23-12-6-4-10-21(23)22-11-5-7-13-24(22)25/h4-7,10-15,17,25H,16,18,29H2,1-3H3,(H,30,31). The van der Waals surface area contributed by atoms with E-state index in [4.69, 9.17) is 10.5 Å². The monoisotopic (exact) mass is 424 g/mol. The summed E-state index contributed by atoms with van der Waals surface area (Å²) in [6.45, 7) is 6.92. The number of carbonyl (C=O) groups excluding carboxylic acids is 1. The minimum Gasteiger partial charge on any atom is -0.449 e. The summed E-state index contributed by atoms with van der Waals surface area (Å²) in [5.74, 6) is 6.07. The van der Waals surface area contributed by atoms with E-state index < -0.39 is 6.09 Å². The molecule has 32 heavy (non-hydrogen) atoms. The van der Waals surface area contributed by atoms with Crippen LogP contribution in [0.2, 0.25) is 0 Å². The van der Waals surface area contributed by atoms with Crippen molar-refractivity contribution in [1.29, 1.82) is 0 Å². The summed E-state index contributed by atoms with van der Waals surface area (Å²) >= 11 is 0. The Morgan fingerprint density at radius 1 is 1.00 bits per heavy atom. The number of ether oxygens (including phenoxy) is 1. The van der Waals surface area contributed by atoms with Gasteiger partial charge in [0.2, 0.25) is 0 Å². The second-order valence-electron chi connectivity index (χ2n) is 9.03. The maximum atomic E-state index is 12.3. The van der Waals surface area contributed by atoms with Crippen LogP contribution in [0.25, 0.3) is 11.1 Å². The van der Waals surface area contributed by atoms with Crippen molar-refractivity contribution in [3.8, 4) is 23.0 Å². The van der Waals surface area contributed by atoms with E-state index in [0.717, 1.165) is 5.56 Å². The minimum absolute atomic E-state index is 0.0175. The highest BCUT2D eigenvalue weighted by atomic mass is 16.5. The topological polar surface area (TPSA) is 64.3 Å². The Bertz CT molecular complexity index is 1170. The van der Waals surface area contributed by atoms with Crippen LogP contribution in [0.3, 0.4) is 0 Å². The van der Waals surface area contributed by atoms with Crippen molar-refractivity contribution in [1.82, 2.24) is 5.32 Å². The number of nitrogen functional groups attached to an aromatic ring is 1. The number of hydrogen-bond acceptors (Lipinski definition) is 3. The maximum Gasteiger partial charge on any atom is 0.407 e. The summed E-state index contributed by atoms with van der Waals surface area (Å²) in [5.41, 5.74) is 13.4. The molecule has 0 saturated heterocycles. The molecular formula is C28H28N2O2. The first-order valence-corrected chi connectivity index (χ1v) is 10.8. The average Bonchev–Trinajstić information content (AvgIpc) is 3.09. The molecule has 0 saturated carbocycles. The van der Waals surface area contributed by atoms with Gasteiger partial charge in [0.25, 0.3) is 0 Å². The number of rotatable bonds is 3. The first-order valence-electron chi connectivity index (χ1n) is 10.8. The number of alkyl carbamates (subject to hydrolysis) is 1. The fraction of sp³-hybridized carbons (Fsp3) is 0.250. The number of nitrogens with two attached hydrogens (primary N) is 1. The zero-order valence-corrected chi connectivity index (χ0v) is 18.7. The zero-order valence-electron chi connectivity index (χ0n) is 18.7. The fourth-order valence-electron chi connectivity index (χ4n) is 4.04. The average molecular weight is 425 g/mol. The third-order valence-electron chi connectivity index (χ3n) is 5.81. The van der Waals surface area contributed by atoms with Gasteiger partial charge in [0.1, 0.15) is 6.61 Å². The molecule has 1 aliphatic rings. The summed E-state index contributed by atoms with van der Waals surface area (Å²) in [5, 5.41) is 2.71. The van der Waals surface area contributed by atoms with Gasteiger partial charge in [-0.05, 0) is 45.4 Å². The van der Waals surface area contributed by atoms with Gasteiger partial charge < -0.3 is 15.8 Å². The molecule has 0 unspecified atom stereocenters. The van der Waals surface area contributed by atoms with E-state index >= 15 is 0 Å². The van der Waals surface area contributed by atoms with Crippen LogP contribution in [0.4, 0.5) is 10.5 Å². The molecule has 0 aliphatic heterocycles. The number of amides is 1. The van der Waals surface area contributed by atoms with Crippen molar-refractivity contribution in [2.24, 2.45) is 0 Å². The van der Waals surface area contributed by atoms with Gasteiger partial charge in [0.15, 0.2) is 0 Å². The zero-order chi connectivity index (χ0) is 22.7. The van der Waals surface area contributed by atoms with Gasteiger partial charge in [0.05, 0.1) is 6.54 Å². The molecule has 0 heterocycles. The molecule has 0 radical (unpaired) electrons. The van der Waals surface area contributed by atoms with Gasteiger partial charge in [-0.25, -0.2) is 4.79 Å². The Morgan fingerprint density at radius 3 is 2.25 bits per heavy atom.